The first-order chi connectivity index (χ1) is 10.1. The molecular formula is C13H25N3O6. The molecule has 4 atom stereocenters. The number of rotatable bonds is 9. The topological polar surface area (TPSA) is 162 Å². The van der Waals surface area contributed by atoms with Gasteiger partial charge >= 0.3 is 5.97 Å². The summed E-state index contributed by atoms with van der Waals surface area (Å²) < 4.78 is 0. The minimum absolute atomic E-state index is 0.175. The minimum Gasteiger partial charge on any atom is -0.480 e. The molecule has 128 valence electrons. The Kier molecular flexibility index (Phi) is 8.61. The molecular weight excluding hydrogens is 294 g/mol. The molecule has 0 aliphatic rings. The lowest BCUT2D eigenvalue weighted by Gasteiger charge is -2.23. The fraction of sp³-hybridized carbons (Fsp3) is 0.769. The number of aliphatic carboxylic acids is 1. The molecule has 0 aromatic rings. The summed E-state index contributed by atoms with van der Waals surface area (Å²) in [5.74, 6) is -2.79. The zero-order chi connectivity index (χ0) is 17.4. The summed E-state index contributed by atoms with van der Waals surface area (Å²) in [5.41, 5.74) is 5.66. The van der Waals surface area contributed by atoms with E-state index >= 15 is 0 Å². The zero-order valence-electron chi connectivity index (χ0n) is 12.9. The standard InChI is InChI=1S/C13H25N3O6/c1-6(2)4-8(14)11(19)15-9(5-17)12(20)16-10(7(3)18)13(21)22/h6-10,17-18H,4-5,14H2,1-3H3,(H,15,19)(H,16,20)(H,21,22). The Bertz CT molecular complexity index is 399. The Morgan fingerprint density at radius 1 is 1.09 bits per heavy atom. The highest BCUT2D eigenvalue weighted by Gasteiger charge is 2.30. The van der Waals surface area contributed by atoms with Crippen molar-refractivity contribution < 1.29 is 29.7 Å². The average molecular weight is 319 g/mol. The predicted octanol–water partition coefficient (Wildman–Crippen LogP) is -2.21. The minimum atomic E-state index is -1.54. The molecule has 9 nitrogen and oxygen atoms in total. The second-order valence-corrected chi connectivity index (χ2v) is 5.54. The lowest BCUT2D eigenvalue weighted by atomic mass is 10.0. The Hall–Kier alpha value is -1.71. The molecule has 0 spiro atoms. The van der Waals surface area contributed by atoms with Gasteiger partial charge in [0.15, 0.2) is 6.04 Å². The van der Waals surface area contributed by atoms with E-state index in [4.69, 9.17) is 10.8 Å². The molecule has 0 rings (SSSR count). The zero-order valence-corrected chi connectivity index (χ0v) is 12.9. The first kappa shape index (κ1) is 20.3. The first-order valence-corrected chi connectivity index (χ1v) is 6.98. The Morgan fingerprint density at radius 3 is 2.00 bits per heavy atom. The fourth-order valence-electron chi connectivity index (χ4n) is 1.73. The van der Waals surface area contributed by atoms with Crippen LogP contribution in [0.15, 0.2) is 0 Å². The maximum Gasteiger partial charge on any atom is 0.328 e. The van der Waals surface area contributed by atoms with Crippen LogP contribution >= 0.6 is 0 Å². The molecule has 0 aliphatic carbocycles. The summed E-state index contributed by atoms with van der Waals surface area (Å²) in [6.07, 6.45) is -0.934. The van der Waals surface area contributed by atoms with E-state index in [1.54, 1.807) is 0 Å². The first-order valence-electron chi connectivity index (χ1n) is 6.98. The quantitative estimate of drug-likeness (QED) is 0.280. The number of aliphatic hydroxyl groups is 2. The normalized spacial score (nSPS) is 16.5. The number of nitrogens with two attached hydrogens (primary N) is 1. The van der Waals surface area contributed by atoms with Crippen molar-refractivity contribution in [3.05, 3.63) is 0 Å². The van der Waals surface area contributed by atoms with Gasteiger partial charge in [0.1, 0.15) is 6.04 Å². The van der Waals surface area contributed by atoms with Crippen LogP contribution in [0, 0.1) is 5.92 Å². The second kappa shape index (κ2) is 9.34. The van der Waals surface area contributed by atoms with Gasteiger partial charge in [-0.25, -0.2) is 4.79 Å². The molecule has 0 bridgehead atoms. The van der Waals surface area contributed by atoms with Crippen LogP contribution in [-0.2, 0) is 14.4 Å². The molecule has 2 amide bonds. The number of nitrogens with one attached hydrogen (secondary N) is 2. The van der Waals surface area contributed by atoms with Crippen molar-refractivity contribution in [3.8, 4) is 0 Å². The van der Waals surface area contributed by atoms with E-state index in [9.17, 15) is 24.6 Å². The van der Waals surface area contributed by atoms with Gasteiger partial charge in [0.05, 0.1) is 18.8 Å². The molecule has 0 radical (unpaired) electrons. The van der Waals surface area contributed by atoms with Gasteiger partial charge in [0.25, 0.3) is 0 Å². The molecule has 0 saturated carbocycles. The van der Waals surface area contributed by atoms with E-state index < -0.39 is 48.6 Å². The van der Waals surface area contributed by atoms with Gasteiger partial charge in [-0.05, 0) is 19.3 Å². The van der Waals surface area contributed by atoms with E-state index in [2.05, 4.69) is 5.32 Å². The Morgan fingerprint density at radius 2 is 1.64 bits per heavy atom. The molecule has 22 heavy (non-hydrogen) atoms. The number of hydrogen-bond donors (Lipinski definition) is 6. The van der Waals surface area contributed by atoms with Gasteiger partial charge in [-0.3, -0.25) is 9.59 Å². The highest BCUT2D eigenvalue weighted by Crippen LogP contribution is 2.03. The van der Waals surface area contributed by atoms with Crippen molar-refractivity contribution in [3.63, 3.8) is 0 Å². The fourth-order valence-corrected chi connectivity index (χ4v) is 1.73. The van der Waals surface area contributed by atoms with Crippen LogP contribution in [0.2, 0.25) is 0 Å². The third-order valence-corrected chi connectivity index (χ3v) is 2.92. The van der Waals surface area contributed by atoms with E-state index in [0.717, 1.165) is 0 Å². The van der Waals surface area contributed by atoms with Crippen molar-refractivity contribution in [2.75, 3.05) is 6.61 Å². The van der Waals surface area contributed by atoms with Crippen LogP contribution in [0.3, 0.4) is 0 Å². The van der Waals surface area contributed by atoms with Crippen LogP contribution in [0.5, 0.6) is 0 Å². The van der Waals surface area contributed by atoms with Gasteiger partial charge < -0.3 is 31.7 Å². The lowest BCUT2D eigenvalue weighted by Crippen LogP contribution is -2.57. The summed E-state index contributed by atoms with van der Waals surface area (Å²) in [6, 6.07) is -3.72. The van der Waals surface area contributed by atoms with Crippen LogP contribution in [0.1, 0.15) is 27.2 Å². The maximum atomic E-state index is 11.9. The maximum absolute atomic E-state index is 11.9. The van der Waals surface area contributed by atoms with Crippen LogP contribution in [0.4, 0.5) is 0 Å². The second-order valence-electron chi connectivity index (χ2n) is 5.54. The highest BCUT2D eigenvalue weighted by molar-refractivity contribution is 5.91. The van der Waals surface area contributed by atoms with Gasteiger partial charge in [0.2, 0.25) is 11.8 Å². The summed E-state index contributed by atoms with van der Waals surface area (Å²) >= 11 is 0. The van der Waals surface area contributed by atoms with E-state index in [0.29, 0.717) is 6.42 Å². The largest absolute Gasteiger partial charge is 0.480 e. The number of amides is 2. The van der Waals surface area contributed by atoms with Crippen LogP contribution < -0.4 is 16.4 Å². The molecule has 0 heterocycles. The van der Waals surface area contributed by atoms with Crippen molar-refractivity contribution in [2.45, 2.75) is 51.4 Å². The van der Waals surface area contributed by atoms with Crippen molar-refractivity contribution >= 4 is 17.8 Å². The third-order valence-electron chi connectivity index (χ3n) is 2.92. The van der Waals surface area contributed by atoms with Gasteiger partial charge in [-0.1, -0.05) is 13.8 Å². The van der Waals surface area contributed by atoms with Crippen LogP contribution in [0.25, 0.3) is 0 Å². The molecule has 4 unspecified atom stereocenters. The molecule has 0 aliphatic heterocycles. The average Bonchev–Trinajstić information content (AvgIpc) is 2.39. The van der Waals surface area contributed by atoms with Crippen LogP contribution in [-0.4, -0.2) is 63.9 Å². The number of hydrogen-bond acceptors (Lipinski definition) is 6. The number of aliphatic hydroxyl groups excluding tert-OH is 2. The summed E-state index contributed by atoms with van der Waals surface area (Å²) in [4.78, 5) is 34.6. The predicted molar refractivity (Wildman–Crippen MR) is 77.7 cm³/mol. The van der Waals surface area contributed by atoms with E-state index in [-0.39, 0.29) is 5.92 Å². The van der Waals surface area contributed by atoms with Crippen molar-refractivity contribution in [1.82, 2.24) is 10.6 Å². The summed E-state index contributed by atoms with van der Waals surface area (Å²) in [6.45, 7) is 4.23. The van der Waals surface area contributed by atoms with Gasteiger partial charge in [-0.15, -0.1) is 0 Å². The molecule has 7 N–H and O–H groups in total. The van der Waals surface area contributed by atoms with Gasteiger partial charge in [-0.2, -0.15) is 0 Å². The number of carbonyl (C=O) groups is 3. The van der Waals surface area contributed by atoms with E-state index in [1.807, 2.05) is 19.2 Å². The lowest BCUT2D eigenvalue weighted by molar-refractivity contribution is -0.145. The Balaban J connectivity index is 4.72. The number of carboxylic acid groups (broad SMARTS) is 1. The Labute approximate surface area is 128 Å². The number of carbonyl (C=O) groups excluding carboxylic acids is 2. The van der Waals surface area contributed by atoms with Gasteiger partial charge in [0, 0.05) is 0 Å². The summed E-state index contributed by atoms with van der Waals surface area (Å²) in [7, 11) is 0. The van der Waals surface area contributed by atoms with E-state index in [1.165, 1.54) is 6.92 Å². The molecule has 0 aromatic heterocycles. The highest BCUT2D eigenvalue weighted by atomic mass is 16.4. The molecule has 0 saturated heterocycles. The SMILES string of the molecule is CC(C)CC(N)C(=O)NC(CO)C(=O)NC(C(=O)O)C(C)O. The number of carboxylic acids is 1. The molecule has 0 fully saturated rings. The molecule has 0 aromatic carbocycles. The molecule has 9 heteroatoms. The smallest absolute Gasteiger partial charge is 0.328 e. The monoisotopic (exact) mass is 319 g/mol. The third kappa shape index (κ3) is 6.83. The van der Waals surface area contributed by atoms with Crippen molar-refractivity contribution in [2.24, 2.45) is 11.7 Å². The van der Waals surface area contributed by atoms with Crippen molar-refractivity contribution in [1.29, 1.82) is 0 Å². The summed E-state index contributed by atoms with van der Waals surface area (Å²) in [5, 5.41) is 31.6.